The minimum Gasteiger partial charge on any atom is -0.311 e. The van der Waals surface area contributed by atoms with Gasteiger partial charge in [0.25, 0.3) is 5.69 Å². The Bertz CT molecular complexity index is 751. The normalized spacial score (nSPS) is 18.6. The van der Waals surface area contributed by atoms with Gasteiger partial charge in [-0.1, -0.05) is 6.07 Å². The third kappa shape index (κ3) is 3.26. The van der Waals surface area contributed by atoms with E-state index in [1.54, 1.807) is 29.4 Å². The van der Waals surface area contributed by atoms with Gasteiger partial charge in [0.1, 0.15) is 0 Å². The fourth-order valence-electron chi connectivity index (χ4n) is 2.92. The van der Waals surface area contributed by atoms with Crippen LogP contribution in [-0.4, -0.2) is 28.4 Å². The molecule has 0 aliphatic carbocycles. The molecule has 1 saturated heterocycles. The molecule has 0 radical (unpaired) electrons. The van der Waals surface area contributed by atoms with Crippen LogP contribution in [0.3, 0.4) is 0 Å². The van der Waals surface area contributed by atoms with E-state index in [9.17, 15) is 14.9 Å². The van der Waals surface area contributed by atoms with E-state index in [1.165, 1.54) is 12.1 Å². The number of aromatic nitrogens is 1. The summed E-state index contributed by atoms with van der Waals surface area (Å²) >= 11 is 0. The van der Waals surface area contributed by atoms with Crippen LogP contribution in [0.15, 0.2) is 48.8 Å². The Morgan fingerprint density at radius 1 is 1.33 bits per heavy atom. The maximum atomic E-state index is 12.6. The summed E-state index contributed by atoms with van der Waals surface area (Å²) in [4.78, 5) is 28.7. The van der Waals surface area contributed by atoms with Gasteiger partial charge in [-0.2, -0.15) is 0 Å². The molecule has 3 rings (SSSR count). The van der Waals surface area contributed by atoms with Gasteiger partial charge in [0.2, 0.25) is 5.91 Å². The van der Waals surface area contributed by atoms with Gasteiger partial charge in [0, 0.05) is 37.1 Å². The highest BCUT2D eigenvalue weighted by Gasteiger charge is 2.33. The summed E-state index contributed by atoms with van der Waals surface area (Å²) in [6.07, 6.45) is 4.11. The first-order valence-corrected chi connectivity index (χ1v) is 7.78. The molecular weight excluding hydrogens is 308 g/mol. The summed E-state index contributed by atoms with van der Waals surface area (Å²) in [6.45, 7) is 2.54. The molecule has 1 amide bonds. The molecule has 24 heavy (non-hydrogen) atoms. The summed E-state index contributed by atoms with van der Waals surface area (Å²) in [5, 5.41) is 14.2. The number of carbonyl (C=O) groups excluding carboxylic acids is 1. The van der Waals surface area contributed by atoms with Crippen LogP contribution in [0.1, 0.15) is 24.9 Å². The first-order valence-electron chi connectivity index (χ1n) is 7.78. The van der Waals surface area contributed by atoms with E-state index >= 15 is 0 Å². The van der Waals surface area contributed by atoms with Crippen LogP contribution in [0.4, 0.5) is 11.4 Å². The maximum absolute atomic E-state index is 12.6. The maximum Gasteiger partial charge on any atom is 0.271 e. The van der Waals surface area contributed by atoms with Gasteiger partial charge in [-0.05, 0) is 37.1 Å². The summed E-state index contributed by atoms with van der Waals surface area (Å²) < 4.78 is 0. The first kappa shape index (κ1) is 16.1. The topological polar surface area (TPSA) is 88.4 Å². The molecule has 7 heteroatoms. The van der Waals surface area contributed by atoms with E-state index in [2.05, 4.69) is 10.3 Å². The van der Waals surface area contributed by atoms with Crippen LogP contribution in [0.25, 0.3) is 0 Å². The van der Waals surface area contributed by atoms with E-state index in [0.29, 0.717) is 18.7 Å². The van der Waals surface area contributed by atoms with Crippen LogP contribution < -0.4 is 10.2 Å². The Labute approximate surface area is 139 Å². The highest BCUT2D eigenvalue weighted by Crippen LogP contribution is 2.26. The van der Waals surface area contributed by atoms with Crippen molar-refractivity contribution in [3.8, 4) is 0 Å². The van der Waals surface area contributed by atoms with Gasteiger partial charge in [-0.15, -0.1) is 0 Å². The molecule has 0 unspecified atom stereocenters. The molecular formula is C17H18N4O3. The van der Waals surface area contributed by atoms with Gasteiger partial charge in [-0.25, -0.2) is 0 Å². The summed E-state index contributed by atoms with van der Waals surface area (Å²) in [7, 11) is 0. The number of nitro groups is 1. The number of nitrogens with zero attached hydrogens (tertiary/aromatic N) is 3. The van der Waals surface area contributed by atoms with E-state index in [0.717, 1.165) is 5.56 Å². The molecule has 2 heterocycles. The molecule has 1 aromatic carbocycles. The molecule has 1 fully saturated rings. The van der Waals surface area contributed by atoms with E-state index in [4.69, 9.17) is 0 Å². The van der Waals surface area contributed by atoms with Gasteiger partial charge in [0.05, 0.1) is 16.7 Å². The standard InChI is InChI=1S/C17H18N4O3/c1-12(13-5-8-18-9-6-13)19-16-7-10-20(17(16)22)14-3-2-4-15(11-14)21(23)24/h2-6,8-9,11-12,16,19H,7,10H2,1H3/t12-,16-/m1/s1. The van der Waals surface area contributed by atoms with Crippen molar-refractivity contribution in [2.75, 3.05) is 11.4 Å². The molecule has 0 bridgehead atoms. The second-order valence-electron chi connectivity index (χ2n) is 5.78. The molecule has 2 atom stereocenters. The van der Waals surface area contributed by atoms with E-state index < -0.39 is 4.92 Å². The molecule has 124 valence electrons. The minimum atomic E-state index is -0.453. The number of nitrogens with one attached hydrogen (secondary N) is 1. The Hall–Kier alpha value is -2.80. The molecule has 1 aliphatic heterocycles. The zero-order valence-corrected chi connectivity index (χ0v) is 13.3. The second kappa shape index (κ2) is 6.76. The smallest absolute Gasteiger partial charge is 0.271 e. The van der Waals surface area contributed by atoms with Crippen molar-refractivity contribution < 1.29 is 9.72 Å². The average molecular weight is 326 g/mol. The molecule has 1 N–H and O–H groups in total. The summed E-state index contributed by atoms with van der Waals surface area (Å²) in [5.74, 6) is -0.0589. The molecule has 0 spiro atoms. The van der Waals surface area contributed by atoms with Gasteiger partial charge in [0.15, 0.2) is 0 Å². The number of hydrogen-bond donors (Lipinski definition) is 1. The van der Waals surface area contributed by atoms with Crippen LogP contribution in [-0.2, 0) is 4.79 Å². The SMILES string of the molecule is C[C@@H](N[C@@H]1CCN(c2cccc([N+](=O)[O-])c2)C1=O)c1ccncc1. The van der Waals surface area contributed by atoms with Gasteiger partial charge in [-0.3, -0.25) is 25.2 Å². The van der Waals surface area contributed by atoms with Crippen molar-refractivity contribution >= 4 is 17.3 Å². The predicted octanol–water partition coefficient (Wildman–Crippen LogP) is 2.45. The Balaban J connectivity index is 1.71. The molecule has 7 nitrogen and oxygen atoms in total. The Kier molecular flexibility index (Phi) is 4.52. The summed E-state index contributed by atoms with van der Waals surface area (Å²) in [6, 6.07) is 9.73. The average Bonchev–Trinajstić information content (AvgIpc) is 2.96. The molecule has 1 aliphatic rings. The van der Waals surface area contributed by atoms with Crippen LogP contribution in [0, 0.1) is 10.1 Å². The number of non-ortho nitro benzene ring substituents is 1. The number of anilines is 1. The Morgan fingerprint density at radius 3 is 2.79 bits per heavy atom. The zero-order valence-electron chi connectivity index (χ0n) is 13.3. The lowest BCUT2D eigenvalue weighted by Crippen LogP contribution is -2.39. The van der Waals surface area contributed by atoms with E-state index in [-0.39, 0.29) is 23.7 Å². The number of benzene rings is 1. The van der Waals surface area contributed by atoms with Crippen LogP contribution in [0.2, 0.25) is 0 Å². The fourth-order valence-corrected chi connectivity index (χ4v) is 2.92. The molecule has 1 aromatic heterocycles. The lowest BCUT2D eigenvalue weighted by atomic mass is 10.1. The third-order valence-electron chi connectivity index (χ3n) is 4.22. The number of nitro benzene ring substituents is 1. The van der Waals surface area contributed by atoms with Crippen molar-refractivity contribution in [2.24, 2.45) is 0 Å². The van der Waals surface area contributed by atoms with Gasteiger partial charge >= 0.3 is 0 Å². The zero-order chi connectivity index (χ0) is 17.1. The molecule has 2 aromatic rings. The van der Waals surface area contributed by atoms with Crippen molar-refractivity contribution in [2.45, 2.75) is 25.4 Å². The second-order valence-corrected chi connectivity index (χ2v) is 5.78. The monoisotopic (exact) mass is 326 g/mol. The van der Waals surface area contributed by atoms with Crippen molar-refractivity contribution in [1.82, 2.24) is 10.3 Å². The number of carbonyl (C=O) groups is 1. The van der Waals surface area contributed by atoms with Crippen LogP contribution >= 0.6 is 0 Å². The fraction of sp³-hybridized carbons (Fsp3) is 0.294. The Morgan fingerprint density at radius 2 is 2.08 bits per heavy atom. The van der Waals surface area contributed by atoms with E-state index in [1.807, 2.05) is 19.1 Å². The lowest BCUT2D eigenvalue weighted by molar-refractivity contribution is -0.384. The highest BCUT2D eigenvalue weighted by atomic mass is 16.6. The summed E-state index contributed by atoms with van der Waals surface area (Å²) in [5.41, 5.74) is 1.61. The third-order valence-corrected chi connectivity index (χ3v) is 4.22. The number of pyridine rings is 1. The number of rotatable bonds is 5. The lowest BCUT2D eigenvalue weighted by Gasteiger charge is -2.20. The quantitative estimate of drug-likeness (QED) is 0.673. The highest BCUT2D eigenvalue weighted by molar-refractivity contribution is 5.99. The van der Waals surface area contributed by atoms with Crippen molar-refractivity contribution in [1.29, 1.82) is 0 Å². The number of hydrogen-bond acceptors (Lipinski definition) is 5. The predicted molar refractivity (Wildman–Crippen MR) is 89.6 cm³/mol. The first-order chi connectivity index (χ1) is 11.6. The number of amides is 1. The van der Waals surface area contributed by atoms with Crippen molar-refractivity contribution in [3.05, 3.63) is 64.5 Å². The molecule has 0 saturated carbocycles. The van der Waals surface area contributed by atoms with Gasteiger partial charge < -0.3 is 4.90 Å². The largest absolute Gasteiger partial charge is 0.311 e. The van der Waals surface area contributed by atoms with Crippen LogP contribution in [0.5, 0.6) is 0 Å². The minimum absolute atomic E-state index is 0.0122. The van der Waals surface area contributed by atoms with Crippen molar-refractivity contribution in [3.63, 3.8) is 0 Å².